The fourth-order valence-electron chi connectivity index (χ4n) is 2.95. The predicted octanol–water partition coefficient (Wildman–Crippen LogP) is 5.63. The number of halogens is 2. The number of anilines is 1. The number of hydrogen-bond donors (Lipinski definition) is 1. The number of nitrogens with zero attached hydrogens (tertiary/aromatic N) is 1. The number of rotatable bonds is 4. The molecule has 26 heavy (non-hydrogen) atoms. The van der Waals surface area contributed by atoms with E-state index in [9.17, 15) is 4.79 Å². The van der Waals surface area contributed by atoms with Crippen LogP contribution in [0, 0.1) is 6.92 Å². The van der Waals surface area contributed by atoms with E-state index in [1.165, 1.54) is 0 Å². The van der Waals surface area contributed by atoms with E-state index in [1.807, 2.05) is 31.2 Å². The number of aryl methyl sites for hydroxylation is 1. The van der Waals surface area contributed by atoms with Gasteiger partial charge in [-0.1, -0.05) is 34.4 Å². The average molecular weight is 387 g/mol. The lowest BCUT2D eigenvalue weighted by Crippen LogP contribution is -2.28. The second-order valence-corrected chi connectivity index (χ2v) is 7.45. The summed E-state index contributed by atoms with van der Waals surface area (Å²) in [7, 11) is 0. The Labute approximate surface area is 161 Å². The molecule has 0 spiro atoms. The number of nitrogens with one attached hydrogen (secondary N) is 1. The summed E-state index contributed by atoms with van der Waals surface area (Å²) < 4.78 is 5.47. The molecular weight excluding hydrogens is 371 g/mol. The van der Waals surface area contributed by atoms with E-state index in [0.29, 0.717) is 21.5 Å². The number of benzene rings is 2. The van der Waals surface area contributed by atoms with Crippen molar-refractivity contribution in [2.45, 2.75) is 25.2 Å². The van der Waals surface area contributed by atoms with Crippen LogP contribution in [0.1, 0.15) is 24.1 Å². The van der Waals surface area contributed by atoms with Crippen LogP contribution in [0.3, 0.4) is 0 Å². The molecule has 1 fully saturated rings. The third kappa shape index (κ3) is 3.11. The van der Waals surface area contributed by atoms with Crippen LogP contribution >= 0.6 is 23.2 Å². The van der Waals surface area contributed by atoms with E-state index in [4.69, 9.17) is 27.7 Å². The highest BCUT2D eigenvalue weighted by Crippen LogP contribution is 2.49. The normalized spacial score (nSPS) is 14.9. The molecule has 2 aromatic carbocycles. The molecule has 0 radical (unpaired) electrons. The van der Waals surface area contributed by atoms with Crippen molar-refractivity contribution in [3.63, 3.8) is 0 Å². The Morgan fingerprint density at radius 2 is 1.77 bits per heavy atom. The van der Waals surface area contributed by atoms with Gasteiger partial charge in [0, 0.05) is 27.4 Å². The summed E-state index contributed by atoms with van der Waals surface area (Å²) in [6.45, 7) is 1.93. The molecule has 0 saturated heterocycles. The topological polar surface area (TPSA) is 55.1 Å². The summed E-state index contributed by atoms with van der Waals surface area (Å²) in [4.78, 5) is 12.9. The molecule has 4 nitrogen and oxygen atoms in total. The molecule has 132 valence electrons. The van der Waals surface area contributed by atoms with Crippen LogP contribution in [0.4, 0.5) is 5.69 Å². The molecule has 3 aromatic rings. The molecule has 4 rings (SSSR count). The van der Waals surface area contributed by atoms with Gasteiger partial charge in [0.05, 0.1) is 11.1 Å². The molecule has 1 heterocycles. The lowest BCUT2D eigenvalue weighted by Gasteiger charge is -2.14. The van der Waals surface area contributed by atoms with E-state index >= 15 is 0 Å². The minimum atomic E-state index is -0.636. The fourth-order valence-corrected chi connectivity index (χ4v) is 3.24. The van der Waals surface area contributed by atoms with E-state index in [2.05, 4.69) is 10.5 Å². The first kappa shape index (κ1) is 17.1. The van der Waals surface area contributed by atoms with Crippen LogP contribution in [0.15, 0.2) is 53.1 Å². The smallest absolute Gasteiger partial charge is 0.236 e. The highest BCUT2D eigenvalue weighted by molar-refractivity contribution is 6.31. The number of hydrogen-bond acceptors (Lipinski definition) is 3. The van der Waals surface area contributed by atoms with Crippen molar-refractivity contribution in [3.05, 3.63) is 69.8 Å². The third-order valence-corrected chi connectivity index (χ3v) is 5.25. The third-order valence-electron chi connectivity index (χ3n) is 4.76. The zero-order chi connectivity index (χ0) is 18.3. The van der Waals surface area contributed by atoms with Gasteiger partial charge in [0.2, 0.25) is 5.91 Å². The van der Waals surface area contributed by atoms with Crippen molar-refractivity contribution in [3.8, 4) is 11.3 Å². The van der Waals surface area contributed by atoms with Crippen molar-refractivity contribution in [2.24, 2.45) is 0 Å². The molecule has 0 atom stereocenters. The molecule has 1 N–H and O–H groups in total. The Bertz CT molecular complexity index is 976. The van der Waals surface area contributed by atoms with Crippen molar-refractivity contribution in [1.82, 2.24) is 5.16 Å². The minimum absolute atomic E-state index is 0.0844. The Kier molecular flexibility index (Phi) is 4.25. The van der Waals surface area contributed by atoms with Gasteiger partial charge in [0.15, 0.2) is 5.76 Å². The predicted molar refractivity (Wildman–Crippen MR) is 103 cm³/mol. The molecule has 1 aliphatic carbocycles. The van der Waals surface area contributed by atoms with Gasteiger partial charge in [-0.2, -0.15) is 0 Å². The highest BCUT2D eigenvalue weighted by atomic mass is 35.5. The summed E-state index contributed by atoms with van der Waals surface area (Å²) in [5.74, 6) is 0.536. The second-order valence-electron chi connectivity index (χ2n) is 6.58. The van der Waals surface area contributed by atoms with Gasteiger partial charge in [0.25, 0.3) is 0 Å². The average Bonchev–Trinajstić information content (AvgIpc) is 3.29. The lowest BCUT2D eigenvalue weighted by atomic mass is 10.00. The van der Waals surface area contributed by atoms with E-state index in [-0.39, 0.29) is 5.91 Å². The SMILES string of the molecule is Cc1ccc(Cl)cc1NC(=O)C1(c2cc(-c3ccc(Cl)cc3)on2)CC1. The molecule has 6 heteroatoms. The molecule has 0 aliphatic heterocycles. The Morgan fingerprint density at radius 3 is 2.46 bits per heavy atom. The maximum absolute atomic E-state index is 12.9. The number of carbonyl (C=O) groups excluding carboxylic acids is 1. The van der Waals surface area contributed by atoms with Gasteiger partial charge in [-0.05, 0) is 61.7 Å². The van der Waals surface area contributed by atoms with Gasteiger partial charge < -0.3 is 9.84 Å². The van der Waals surface area contributed by atoms with Crippen LogP contribution in [0.2, 0.25) is 10.0 Å². The monoisotopic (exact) mass is 386 g/mol. The van der Waals surface area contributed by atoms with Crippen molar-refractivity contribution >= 4 is 34.8 Å². The molecule has 0 unspecified atom stereocenters. The lowest BCUT2D eigenvalue weighted by molar-refractivity contribution is -0.118. The maximum atomic E-state index is 12.9. The summed E-state index contributed by atoms with van der Waals surface area (Å²) in [5.41, 5.74) is 2.56. The first-order valence-corrected chi connectivity index (χ1v) is 9.04. The van der Waals surface area contributed by atoms with Gasteiger partial charge in [-0.3, -0.25) is 4.79 Å². The first-order valence-electron chi connectivity index (χ1n) is 8.29. The summed E-state index contributed by atoms with van der Waals surface area (Å²) in [6.07, 6.45) is 1.48. The molecule has 0 bridgehead atoms. The number of carbonyl (C=O) groups is 1. The van der Waals surface area contributed by atoms with Crippen LogP contribution in [-0.2, 0) is 10.2 Å². The molecule has 1 aromatic heterocycles. The van der Waals surface area contributed by atoms with Crippen molar-refractivity contribution in [1.29, 1.82) is 0 Å². The van der Waals surface area contributed by atoms with Crippen molar-refractivity contribution < 1.29 is 9.32 Å². The largest absolute Gasteiger partial charge is 0.356 e. The Hall–Kier alpha value is -2.30. The zero-order valence-electron chi connectivity index (χ0n) is 14.1. The van der Waals surface area contributed by atoms with E-state index < -0.39 is 5.41 Å². The molecule has 1 amide bonds. The van der Waals surface area contributed by atoms with Gasteiger partial charge in [-0.15, -0.1) is 0 Å². The van der Waals surface area contributed by atoms with Crippen LogP contribution in [0.5, 0.6) is 0 Å². The zero-order valence-corrected chi connectivity index (χ0v) is 15.6. The second kappa shape index (κ2) is 6.45. The quantitative estimate of drug-likeness (QED) is 0.632. The van der Waals surface area contributed by atoms with E-state index in [0.717, 1.165) is 29.7 Å². The van der Waals surface area contributed by atoms with E-state index in [1.54, 1.807) is 24.3 Å². The highest BCUT2D eigenvalue weighted by Gasteiger charge is 2.54. The standard InChI is InChI=1S/C20H16Cl2N2O2/c1-12-2-5-15(22)10-16(12)23-19(25)20(8-9-20)18-11-17(26-24-18)13-3-6-14(21)7-4-13/h2-7,10-11H,8-9H2,1H3,(H,23,25). The Balaban J connectivity index is 1.58. The van der Waals surface area contributed by atoms with Crippen molar-refractivity contribution in [2.75, 3.05) is 5.32 Å². The molecule has 1 aliphatic rings. The van der Waals surface area contributed by atoms with Crippen LogP contribution in [-0.4, -0.2) is 11.1 Å². The van der Waals surface area contributed by atoms with Gasteiger partial charge in [-0.25, -0.2) is 0 Å². The number of aromatic nitrogens is 1. The van der Waals surface area contributed by atoms with Crippen LogP contribution in [0.25, 0.3) is 11.3 Å². The summed E-state index contributed by atoms with van der Waals surface area (Å²) in [5, 5.41) is 8.38. The first-order chi connectivity index (χ1) is 12.5. The van der Waals surface area contributed by atoms with Gasteiger partial charge >= 0.3 is 0 Å². The minimum Gasteiger partial charge on any atom is -0.356 e. The molecular formula is C20H16Cl2N2O2. The fraction of sp³-hybridized carbons (Fsp3) is 0.200. The van der Waals surface area contributed by atoms with Gasteiger partial charge in [0.1, 0.15) is 0 Å². The summed E-state index contributed by atoms with van der Waals surface area (Å²) >= 11 is 12.0. The number of amides is 1. The van der Waals surface area contributed by atoms with Crippen LogP contribution < -0.4 is 5.32 Å². The Morgan fingerprint density at radius 1 is 1.08 bits per heavy atom. The molecule has 1 saturated carbocycles. The summed E-state index contributed by atoms with van der Waals surface area (Å²) in [6, 6.07) is 14.6. The maximum Gasteiger partial charge on any atom is 0.236 e.